The van der Waals surface area contributed by atoms with Crippen LogP contribution in [-0.2, 0) is 6.54 Å². The molecule has 2 aromatic heterocycles. The zero-order valence-electron chi connectivity index (χ0n) is 11.2. The molecule has 20 heavy (non-hydrogen) atoms. The van der Waals surface area contributed by atoms with E-state index in [9.17, 15) is 0 Å². The van der Waals surface area contributed by atoms with E-state index in [2.05, 4.69) is 22.4 Å². The van der Waals surface area contributed by atoms with Gasteiger partial charge in [-0.25, -0.2) is 0 Å². The van der Waals surface area contributed by atoms with Crippen molar-refractivity contribution >= 4 is 0 Å². The Bertz CT molecular complexity index is 646. The van der Waals surface area contributed by atoms with E-state index in [1.807, 2.05) is 42.5 Å². The van der Waals surface area contributed by atoms with E-state index in [1.54, 1.807) is 17.3 Å². The molecule has 0 bridgehead atoms. The Morgan fingerprint density at radius 2 is 2.05 bits per heavy atom. The number of nitrogens with zero attached hydrogens (tertiary/aromatic N) is 3. The number of benzene rings is 1. The van der Waals surface area contributed by atoms with Crippen LogP contribution in [0.2, 0.25) is 0 Å². The smallest absolute Gasteiger partial charge is 0.120 e. The third-order valence-electron chi connectivity index (χ3n) is 3.09. The van der Waals surface area contributed by atoms with Crippen LogP contribution in [0.3, 0.4) is 0 Å². The van der Waals surface area contributed by atoms with Gasteiger partial charge in [0.1, 0.15) is 5.76 Å². The fourth-order valence-corrected chi connectivity index (χ4v) is 1.96. The van der Waals surface area contributed by atoms with Crippen LogP contribution in [-0.4, -0.2) is 15.0 Å². The minimum Gasteiger partial charge on any atom is -0.468 e. The molecule has 0 saturated carbocycles. The number of hydrogen-bond acceptors (Lipinski definition) is 4. The number of nitrogens with one attached hydrogen (secondary N) is 1. The molecule has 1 N–H and O–H groups in total. The van der Waals surface area contributed by atoms with Gasteiger partial charge >= 0.3 is 0 Å². The van der Waals surface area contributed by atoms with Crippen molar-refractivity contribution in [1.29, 1.82) is 0 Å². The second-order valence-corrected chi connectivity index (χ2v) is 4.58. The maximum atomic E-state index is 5.35. The van der Waals surface area contributed by atoms with Gasteiger partial charge in [0.25, 0.3) is 0 Å². The molecule has 102 valence electrons. The molecule has 5 heteroatoms. The Balaban J connectivity index is 1.63. The van der Waals surface area contributed by atoms with Crippen LogP contribution in [0.5, 0.6) is 0 Å². The highest BCUT2D eigenvalue weighted by molar-refractivity contribution is 5.28. The van der Waals surface area contributed by atoms with Gasteiger partial charge in [-0.2, -0.15) is 15.0 Å². The first-order valence-corrected chi connectivity index (χ1v) is 6.56. The highest BCUT2D eigenvalue weighted by atomic mass is 16.3. The average molecular weight is 268 g/mol. The quantitative estimate of drug-likeness (QED) is 0.773. The fraction of sp³-hybridized carbons (Fsp3) is 0.200. The van der Waals surface area contributed by atoms with E-state index >= 15 is 0 Å². The van der Waals surface area contributed by atoms with Gasteiger partial charge in [0.2, 0.25) is 0 Å². The second-order valence-electron chi connectivity index (χ2n) is 4.58. The standard InChI is InChI=1S/C15H16N4O/c1-12(15-8-5-9-20-15)16-10-13-11-17-19(18-13)14-6-3-2-4-7-14/h2-9,11-12,16H,10H2,1H3. The topological polar surface area (TPSA) is 55.9 Å². The third-order valence-corrected chi connectivity index (χ3v) is 3.09. The van der Waals surface area contributed by atoms with Crippen molar-refractivity contribution in [3.63, 3.8) is 0 Å². The van der Waals surface area contributed by atoms with Gasteiger partial charge in [0.15, 0.2) is 0 Å². The Kier molecular flexibility index (Phi) is 3.60. The first-order chi connectivity index (χ1) is 9.83. The lowest BCUT2D eigenvalue weighted by atomic mass is 10.2. The van der Waals surface area contributed by atoms with Crippen LogP contribution < -0.4 is 5.32 Å². The lowest BCUT2D eigenvalue weighted by molar-refractivity contribution is 0.428. The number of aromatic nitrogens is 3. The van der Waals surface area contributed by atoms with Crippen molar-refractivity contribution in [2.45, 2.75) is 19.5 Å². The Morgan fingerprint density at radius 1 is 1.20 bits per heavy atom. The maximum Gasteiger partial charge on any atom is 0.120 e. The predicted molar refractivity (Wildman–Crippen MR) is 75.3 cm³/mol. The molecule has 1 unspecified atom stereocenters. The summed E-state index contributed by atoms with van der Waals surface area (Å²) in [5.74, 6) is 0.917. The van der Waals surface area contributed by atoms with Crippen molar-refractivity contribution in [3.8, 4) is 5.69 Å². The van der Waals surface area contributed by atoms with Gasteiger partial charge in [-0.05, 0) is 31.2 Å². The molecule has 1 aromatic carbocycles. The van der Waals surface area contributed by atoms with Crippen molar-refractivity contribution in [3.05, 3.63) is 66.4 Å². The van der Waals surface area contributed by atoms with Crippen molar-refractivity contribution in [1.82, 2.24) is 20.3 Å². The predicted octanol–water partition coefficient (Wildman–Crippen LogP) is 2.71. The van der Waals surface area contributed by atoms with Crippen LogP contribution in [0.4, 0.5) is 0 Å². The third kappa shape index (κ3) is 2.78. The summed E-state index contributed by atoms with van der Waals surface area (Å²) in [6.07, 6.45) is 3.45. The molecule has 0 fully saturated rings. The first kappa shape index (κ1) is 12.6. The van der Waals surface area contributed by atoms with Crippen LogP contribution in [0, 0.1) is 0 Å². The van der Waals surface area contributed by atoms with E-state index < -0.39 is 0 Å². The first-order valence-electron chi connectivity index (χ1n) is 6.56. The van der Waals surface area contributed by atoms with E-state index in [4.69, 9.17) is 4.42 Å². The van der Waals surface area contributed by atoms with Crippen LogP contribution in [0.15, 0.2) is 59.3 Å². The maximum absolute atomic E-state index is 5.35. The summed E-state index contributed by atoms with van der Waals surface area (Å²) in [6.45, 7) is 2.70. The minimum absolute atomic E-state index is 0.145. The minimum atomic E-state index is 0.145. The highest BCUT2D eigenvalue weighted by Gasteiger charge is 2.09. The molecule has 3 rings (SSSR count). The highest BCUT2D eigenvalue weighted by Crippen LogP contribution is 2.12. The molecule has 0 amide bonds. The van der Waals surface area contributed by atoms with Gasteiger partial charge < -0.3 is 9.73 Å². The largest absolute Gasteiger partial charge is 0.468 e. The fourth-order valence-electron chi connectivity index (χ4n) is 1.96. The van der Waals surface area contributed by atoms with Gasteiger partial charge in [-0.15, -0.1) is 0 Å². The Morgan fingerprint density at radius 3 is 2.80 bits per heavy atom. The molecule has 0 aliphatic carbocycles. The lowest BCUT2D eigenvalue weighted by Gasteiger charge is -2.09. The molecule has 5 nitrogen and oxygen atoms in total. The molecule has 2 heterocycles. The monoisotopic (exact) mass is 268 g/mol. The van der Waals surface area contributed by atoms with Gasteiger partial charge in [0.05, 0.1) is 29.9 Å². The number of rotatable bonds is 5. The molecule has 1 atom stereocenters. The molecular weight excluding hydrogens is 252 g/mol. The van der Waals surface area contributed by atoms with Gasteiger partial charge in [0, 0.05) is 6.54 Å². The number of furan rings is 1. The van der Waals surface area contributed by atoms with E-state index in [0.717, 1.165) is 17.1 Å². The average Bonchev–Trinajstić information content (AvgIpc) is 3.17. The summed E-state index contributed by atoms with van der Waals surface area (Å²) < 4.78 is 5.35. The lowest BCUT2D eigenvalue weighted by Crippen LogP contribution is -2.18. The van der Waals surface area contributed by atoms with Gasteiger partial charge in [-0.3, -0.25) is 0 Å². The summed E-state index contributed by atoms with van der Waals surface area (Å²) in [5, 5.41) is 12.1. The molecule has 3 aromatic rings. The summed E-state index contributed by atoms with van der Waals surface area (Å²) in [4.78, 5) is 1.63. The molecule has 0 aliphatic rings. The molecule has 0 spiro atoms. The summed E-state index contributed by atoms with van der Waals surface area (Å²) >= 11 is 0. The zero-order valence-corrected chi connectivity index (χ0v) is 11.2. The van der Waals surface area contributed by atoms with E-state index in [0.29, 0.717) is 6.54 Å². The number of para-hydroxylation sites is 1. The van der Waals surface area contributed by atoms with E-state index in [1.165, 1.54) is 0 Å². The van der Waals surface area contributed by atoms with Crippen LogP contribution in [0.1, 0.15) is 24.4 Å². The van der Waals surface area contributed by atoms with Crippen molar-refractivity contribution < 1.29 is 4.42 Å². The SMILES string of the molecule is CC(NCc1cnn(-c2ccccc2)n1)c1ccco1. The molecule has 0 aliphatic heterocycles. The van der Waals surface area contributed by atoms with Crippen molar-refractivity contribution in [2.75, 3.05) is 0 Å². The Labute approximate surface area is 117 Å². The van der Waals surface area contributed by atoms with Crippen molar-refractivity contribution in [2.24, 2.45) is 0 Å². The second kappa shape index (κ2) is 5.71. The molecular formula is C15H16N4O. The summed E-state index contributed by atoms with van der Waals surface area (Å²) in [7, 11) is 0. The summed E-state index contributed by atoms with van der Waals surface area (Å²) in [6, 6.07) is 13.8. The van der Waals surface area contributed by atoms with Crippen LogP contribution in [0.25, 0.3) is 5.69 Å². The van der Waals surface area contributed by atoms with E-state index in [-0.39, 0.29) is 6.04 Å². The molecule has 0 saturated heterocycles. The van der Waals surface area contributed by atoms with Crippen LogP contribution >= 0.6 is 0 Å². The number of hydrogen-bond donors (Lipinski definition) is 1. The van der Waals surface area contributed by atoms with Gasteiger partial charge in [-0.1, -0.05) is 18.2 Å². The normalized spacial score (nSPS) is 12.4. The summed E-state index contributed by atoms with van der Waals surface area (Å²) in [5.41, 5.74) is 1.85. The molecule has 0 radical (unpaired) electrons. The Hall–Kier alpha value is -2.40. The zero-order chi connectivity index (χ0) is 13.8.